The van der Waals surface area contributed by atoms with Crippen molar-refractivity contribution in [2.45, 2.75) is 19.0 Å². The van der Waals surface area contributed by atoms with Crippen LogP contribution in [0.1, 0.15) is 11.1 Å². The first-order valence-electron chi connectivity index (χ1n) is 8.01. The predicted octanol–water partition coefficient (Wildman–Crippen LogP) is 3.93. The number of anilines is 1. The first kappa shape index (κ1) is 18.5. The Morgan fingerprint density at radius 2 is 1.88 bits per heavy atom. The van der Waals surface area contributed by atoms with Gasteiger partial charge in [0.15, 0.2) is 5.16 Å². The number of benzene rings is 2. The van der Waals surface area contributed by atoms with Crippen LogP contribution < -0.4 is 10.9 Å². The van der Waals surface area contributed by atoms with E-state index in [1.807, 2.05) is 38.1 Å². The summed E-state index contributed by atoms with van der Waals surface area (Å²) < 4.78 is 1.47. The van der Waals surface area contributed by atoms with Gasteiger partial charge in [0.1, 0.15) is 0 Å². The van der Waals surface area contributed by atoms with E-state index in [4.69, 9.17) is 11.6 Å². The molecule has 0 aliphatic carbocycles. The minimum atomic E-state index is -0.209. The number of rotatable bonds is 4. The summed E-state index contributed by atoms with van der Waals surface area (Å²) in [6.45, 7) is 3.86. The monoisotopic (exact) mass is 387 g/mol. The molecule has 0 aliphatic rings. The fourth-order valence-electron chi connectivity index (χ4n) is 2.53. The van der Waals surface area contributed by atoms with E-state index in [1.165, 1.54) is 16.3 Å². The number of thioether (sulfide) groups is 1. The Bertz CT molecular complexity index is 1060. The summed E-state index contributed by atoms with van der Waals surface area (Å²) in [7, 11) is 1.66. The van der Waals surface area contributed by atoms with Gasteiger partial charge in [0.05, 0.1) is 27.4 Å². The lowest BCUT2D eigenvalue weighted by molar-refractivity contribution is -0.113. The van der Waals surface area contributed by atoms with E-state index in [1.54, 1.807) is 19.2 Å². The van der Waals surface area contributed by atoms with Crippen LogP contribution in [0.3, 0.4) is 0 Å². The van der Waals surface area contributed by atoms with Crippen molar-refractivity contribution >= 4 is 45.9 Å². The molecular formula is C19H18ClN3O2S. The van der Waals surface area contributed by atoms with Crippen LogP contribution in [0.25, 0.3) is 10.9 Å². The molecule has 0 unspecified atom stereocenters. The first-order chi connectivity index (χ1) is 12.3. The topological polar surface area (TPSA) is 64.0 Å². The molecule has 0 radical (unpaired) electrons. The average molecular weight is 388 g/mol. The molecule has 1 N–H and O–H groups in total. The molecule has 0 aliphatic heterocycles. The van der Waals surface area contributed by atoms with Crippen LogP contribution in [0.2, 0.25) is 5.02 Å². The highest BCUT2D eigenvalue weighted by atomic mass is 35.5. The lowest BCUT2D eigenvalue weighted by Gasteiger charge is -2.10. The summed E-state index contributed by atoms with van der Waals surface area (Å²) in [5, 5.41) is 4.35. The molecule has 2 aromatic carbocycles. The first-order valence-corrected chi connectivity index (χ1v) is 9.37. The van der Waals surface area contributed by atoms with E-state index in [0.29, 0.717) is 26.8 Å². The van der Waals surface area contributed by atoms with E-state index < -0.39 is 0 Å². The molecule has 0 saturated heterocycles. The summed E-state index contributed by atoms with van der Waals surface area (Å²) in [5.41, 5.74) is 3.10. The van der Waals surface area contributed by atoms with Gasteiger partial charge in [-0.05, 0) is 43.7 Å². The van der Waals surface area contributed by atoms with Gasteiger partial charge in [-0.25, -0.2) is 4.98 Å². The number of fused-ring (bicyclic) bond motifs is 1. The van der Waals surface area contributed by atoms with E-state index in [9.17, 15) is 9.59 Å². The zero-order chi connectivity index (χ0) is 18.8. The third-order valence-corrected chi connectivity index (χ3v) is 5.26. The van der Waals surface area contributed by atoms with Gasteiger partial charge in [-0.15, -0.1) is 0 Å². The van der Waals surface area contributed by atoms with Crippen LogP contribution in [0, 0.1) is 13.8 Å². The number of carbonyl (C=O) groups excluding carboxylic acids is 1. The number of nitrogens with zero attached hydrogens (tertiary/aromatic N) is 2. The van der Waals surface area contributed by atoms with Crippen LogP contribution in [-0.2, 0) is 11.8 Å². The van der Waals surface area contributed by atoms with Crippen molar-refractivity contribution in [1.82, 2.24) is 9.55 Å². The van der Waals surface area contributed by atoms with Gasteiger partial charge >= 0.3 is 0 Å². The molecule has 5 nitrogen and oxygen atoms in total. The van der Waals surface area contributed by atoms with Crippen molar-refractivity contribution in [2.75, 3.05) is 11.1 Å². The second-order valence-electron chi connectivity index (χ2n) is 6.10. The minimum absolute atomic E-state index is 0.122. The molecule has 134 valence electrons. The van der Waals surface area contributed by atoms with Crippen LogP contribution in [0.4, 0.5) is 5.69 Å². The maximum Gasteiger partial charge on any atom is 0.261 e. The highest BCUT2D eigenvalue weighted by Gasteiger charge is 2.12. The molecule has 1 amide bonds. The highest BCUT2D eigenvalue weighted by molar-refractivity contribution is 7.99. The van der Waals surface area contributed by atoms with E-state index in [-0.39, 0.29) is 17.2 Å². The smallest absolute Gasteiger partial charge is 0.261 e. The van der Waals surface area contributed by atoms with Crippen molar-refractivity contribution in [2.24, 2.45) is 7.05 Å². The molecule has 0 saturated carbocycles. The lowest BCUT2D eigenvalue weighted by Crippen LogP contribution is -2.21. The second kappa shape index (κ2) is 7.51. The Hall–Kier alpha value is -2.31. The molecule has 3 rings (SSSR count). The Kier molecular flexibility index (Phi) is 5.34. The highest BCUT2D eigenvalue weighted by Crippen LogP contribution is 2.23. The molecule has 0 bridgehead atoms. The molecule has 1 heterocycles. The Balaban J connectivity index is 1.77. The zero-order valence-electron chi connectivity index (χ0n) is 14.7. The number of hydrogen-bond donors (Lipinski definition) is 1. The molecule has 3 aromatic rings. The normalized spacial score (nSPS) is 10.9. The van der Waals surface area contributed by atoms with Crippen molar-refractivity contribution in [3.05, 3.63) is 62.9 Å². The number of nitrogens with one attached hydrogen (secondary N) is 1. The third kappa shape index (κ3) is 3.92. The summed E-state index contributed by atoms with van der Waals surface area (Å²) >= 11 is 7.35. The van der Waals surface area contributed by atoms with Crippen molar-refractivity contribution < 1.29 is 4.79 Å². The van der Waals surface area contributed by atoms with Gasteiger partial charge in [0.25, 0.3) is 5.56 Å². The predicted molar refractivity (Wildman–Crippen MR) is 107 cm³/mol. The van der Waals surface area contributed by atoms with Crippen LogP contribution in [-0.4, -0.2) is 21.2 Å². The number of amides is 1. The number of halogens is 1. The Morgan fingerprint density at radius 3 is 2.62 bits per heavy atom. The molecule has 7 heteroatoms. The maximum atomic E-state index is 12.5. The second-order valence-corrected chi connectivity index (χ2v) is 7.45. The van der Waals surface area contributed by atoms with Gasteiger partial charge in [0, 0.05) is 7.05 Å². The fourth-order valence-corrected chi connectivity index (χ4v) is 3.59. The van der Waals surface area contributed by atoms with Crippen molar-refractivity contribution in [1.29, 1.82) is 0 Å². The molecule has 1 aromatic heterocycles. The van der Waals surface area contributed by atoms with Crippen LogP contribution >= 0.6 is 23.4 Å². The van der Waals surface area contributed by atoms with Crippen molar-refractivity contribution in [3.63, 3.8) is 0 Å². The van der Waals surface area contributed by atoms with Gasteiger partial charge < -0.3 is 5.32 Å². The number of hydrogen-bond acceptors (Lipinski definition) is 4. The molecule has 26 heavy (non-hydrogen) atoms. The summed E-state index contributed by atoms with van der Waals surface area (Å²) in [4.78, 5) is 29.2. The molecule has 0 spiro atoms. The molecule has 0 atom stereocenters. The standard InChI is InChI=1S/C19H18ClN3O2S/c1-11-4-6-15-13(8-11)18(25)23(3)19(22-15)26-10-17(24)21-16-7-5-12(2)9-14(16)20/h4-9H,10H2,1-3H3,(H,21,24). The molecular weight excluding hydrogens is 370 g/mol. The molecule has 0 fully saturated rings. The summed E-state index contributed by atoms with van der Waals surface area (Å²) in [6, 6.07) is 11.0. The third-order valence-electron chi connectivity index (χ3n) is 3.92. The maximum absolute atomic E-state index is 12.5. The minimum Gasteiger partial charge on any atom is -0.324 e. The quantitative estimate of drug-likeness (QED) is 0.544. The van der Waals surface area contributed by atoms with Gasteiger partial charge in [-0.3, -0.25) is 14.2 Å². The number of aryl methyl sites for hydroxylation is 2. The number of carbonyl (C=O) groups is 1. The lowest BCUT2D eigenvalue weighted by atomic mass is 10.2. The number of aromatic nitrogens is 2. The van der Waals surface area contributed by atoms with Gasteiger partial charge in [-0.1, -0.05) is 41.1 Å². The van der Waals surface area contributed by atoms with E-state index >= 15 is 0 Å². The SMILES string of the molecule is Cc1ccc(NC(=O)CSc2nc3ccc(C)cc3c(=O)n2C)c(Cl)c1. The summed E-state index contributed by atoms with van der Waals surface area (Å²) in [5.74, 6) is -0.0824. The largest absolute Gasteiger partial charge is 0.324 e. The Morgan fingerprint density at radius 1 is 1.19 bits per heavy atom. The fraction of sp³-hybridized carbons (Fsp3) is 0.211. The summed E-state index contributed by atoms with van der Waals surface area (Å²) in [6.07, 6.45) is 0. The van der Waals surface area contributed by atoms with Crippen LogP contribution in [0.15, 0.2) is 46.3 Å². The van der Waals surface area contributed by atoms with Crippen molar-refractivity contribution in [3.8, 4) is 0 Å². The van der Waals surface area contributed by atoms with Gasteiger partial charge in [0.2, 0.25) is 5.91 Å². The zero-order valence-corrected chi connectivity index (χ0v) is 16.2. The van der Waals surface area contributed by atoms with Gasteiger partial charge in [-0.2, -0.15) is 0 Å². The van der Waals surface area contributed by atoms with E-state index in [2.05, 4.69) is 10.3 Å². The Labute approximate surface area is 160 Å². The average Bonchev–Trinajstić information content (AvgIpc) is 2.60. The van der Waals surface area contributed by atoms with Crippen LogP contribution in [0.5, 0.6) is 0 Å². The van der Waals surface area contributed by atoms with E-state index in [0.717, 1.165) is 11.1 Å².